The molecular weight excluding hydrogens is 298 g/mol. The lowest BCUT2D eigenvalue weighted by atomic mass is 10.1. The summed E-state index contributed by atoms with van der Waals surface area (Å²) in [5, 5.41) is 9.57. The van der Waals surface area contributed by atoms with Crippen LogP contribution in [-0.4, -0.2) is 10.9 Å². The van der Waals surface area contributed by atoms with Crippen molar-refractivity contribution in [3.05, 3.63) is 34.9 Å². The molecule has 2 nitrogen and oxygen atoms in total. The van der Waals surface area contributed by atoms with E-state index in [1.807, 2.05) is 6.07 Å². The normalized spacial score (nSPS) is 9.00. The molecule has 0 aliphatic carbocycles. The summed E-state index contributed by atoms with van der Waals surface area (Å²) in [6.07, 6.45) is 0. The first-order valence-corrected chi connectivity index (χ1v) is 6.99. The van der Waals surface area contributed by atoms with Crippen LogP contribution < -0.4 is 0 Å². The molecule has 0 heterocycles. The third-order valence-electron chi connectivity index (χ3n) is 1.95. The summed E-state index contributed by atoms with van der Waals surface area (Å²) in [6, 6.07) is 7.51. The van der Waals surface area contributed by atoms with Crippen LogP contribution in [0.1, 0.15) is 23.6 Å². The molecule has 0 N–H and O–H groups in total. The predicted molar refractivity (Wildman–Crippen MR) is 73.8 cm³/mol. The van der Waals surface area contributed by atoms with Gasteiger partial charge in [0.2, 0.25) is 0 Å². The highest BCUT2D eigenvalue weighted by Crippen LogP contribution is 2.14. The molecule has 4 heteroatoms. The fourth-order valence-electron chi connectivity index (χ4n) is 1.15. The minimum Gasteiger partial charge on any atom is -0.288 e. The van der Waals surface area contributed by atoms with Crippen LogP contribution in [0.15, 0.2) is 18.2 Å². The molecule has 17 heavy (non-hydrogen) atoms. The van der Waals surface area contributed by atoms with Gasteiger partial charge in [0.25, 0.3) is 0 Å². The van der Waals surface area contributed by atoms with E-state index in [2.05, 4.69) is 33.8 Å². The van der Waals surface area contributed by atoms with Gasteiger partial charge in [-0.2, -0.15) is 5.26 Å². The second-order valence-corrected chi connectivity index (χ2v) is 4.91. The van der Waals surface area contributed by atoms with Gasteiger partial charge in [0.05, 0.1) is 17.4 Å². The standard InChI is InChI=1S/C13H10BrNOS/c1-10(16)17-6-2-3-12-7-11(9-15)4-5-13(12)8-14/h4-5,7H,6,8H2,1H3. The zero-order valence-electron chi connectivity index (χ0n) is 9.29. The Hall–Kier alpha value is -1.23. The maximum Gasteiger partial charge on any atom is 0.186 e. The van der Waals surface area contributed by atoms with Gasteiger partial charge in [-0.1, -0.05) is 45.6 Å². The van der Waals surface area contributed by atoms with Crippen molar-refractivity contribution >= 4 is 32.8 Å². The lowest BCUT2D eigenvalue weighted by Gasteiger charge is -2.00. The molecule has 0 bridgehead atoms. The Morgan fingerprint density at radius 1 is 1.53 bits per heavy atom. The monoisotopic (exact) mass is 307 g/mol. The number of hydrogen-bond donors (Lipinski definition) is 0. The highest BCUT2D eigenvalue weighted by Gasteiger charge is 2.00. The molecule has 0 amide bonds. The summed E-state index contributed by atoms with van der Waals surface area (Å²) >= 11 is 4.56. The minimum atomic E-state index is 0.0609. The number of alkyl halides is 1. The number of carbonyl (C=O) groups excluding carboxylic acids is 1. The van der Waals surface area contributed by atoms with Crippen LogP contribution in [0.5, 0.6) is 0 Å². The van der Waals surface area contributed by atoms with Gasteiger partial charge in [0.1, 0.15) is 0 Å². The Balaban J connectivity index is 2.88. The van der Waals surface area contributed by atoms with E-state index < -0.39 is 0 Å². The number of thioether (sulfide) groups is 1. The number of halogens is 1. The van der Waals surface area contributed by atoms with Gasteiger partial charge < -0.3 is 0 Å². The zero-order valence-corrected chi connectivity index (χ0v) is 11.7. The molecule has 1 rings (SSSR count). The van der Waals surface area contributed by atoms with Gasteiger partial charge >= 0.3 is 0 Å². The van der Waals surface area contributed by atoms with E-state index >= 15 is 0 Å². The Bertz CT molecular complexity index is 522. The number of hydrogen-bond acceptors (Lipinski definition) is 3. The number of rotatable bonds is 2. The molecule has 86 valence electrons. The summed E-state index contributed by atoms with van der Waals surface area (Å²) in [7, 11) is 0. The summed E-state index contributed by atoms with van der Waals surface area (Å²) in [6.45, 7) is 1.52. The van der Waals surface area contributed by atoms with Crippen molar-refractivity contribution in [1.29, 1.82) is 5.26 Å². The molecule has 0 aromatic heterocycles. The van der Waals surface area contributed by atoms with Crippen molar-refractivity contribution in [2.75, 3.05) is 5.75 Å². The number of carbonyl (C=O) groups is 1. The summed E-state index contributed by atoms with van der Waals surface area (Å²) < 4.78 is 0. The molecule has 0 spiro atoms. The third-order valence-corrected chi connectivity index (χ3v) is 3.25. The topological polar surface area (TPSA) is 40.9 Å². The van der Waals surface area contributed by atoms with Crippen LogP contribution in [0.25, 0.3) is 0 Å². The Labute approximate surface area is 114 Å². The number of nitriles is 1. The second-order valence-electron chi connectivity index (χ2n) is 3.20. The van der Waals surface area contributed by atoms with Crippen molar-refractivity contribution in [3.8, 4) is 17.9 Å². The van der Waals surface area contributed by atoms with E-state index in [1.54, 1.807) is 12.1 Å². The van der Waals surface area contributed by atoms with Gasteiger partial charge in [-0.15, -0.1) is 0 Å². The van der Waals surface area contributed by atoms with E-state index in [-0.39, 0.29) is 5.12 Å². The average Bonchev–Trinajstić information content (AvgIpc) is 2.34. The molecule has 0 atom stereocenters. The van der Waals surface area contributed by atoms with Crippen molar-refractivity contribution in [1.82, 2.24) is 0 Å². The molecule has 1 aromatic rings. The SMILES string of the molecule is CC(=O)SCC#Cc1cc(C#N)ccc1CBr. The molecular formula is C13H10BrNOS. The summed E-state index contributed by atoms with van der Waals surface area (Å²) in [4.78, 5) is 10.7. The van der Waals surface area contributed by atoms with E-state index in [1.165, 1.54) is 18.7 Å². The fraction of sp³-hybridized carbons (Fsp3) is 0.231. The molecule has 0 aliphatic heterocycles. The fourth-order valence-corrected chi connectivity index (χ4v) is 1.98. The average molecular weight is 308 g/mol. The number of nitrogens with zero attached hydrogens (tertiary/aromatic N) is 1. The largest absolute Gasteiger partial charge is 0.288 e. The molecule has 0 fully saturated rings. The summed E-state index contributed by atoms with van der Waals surface area (Å²) in [5.41, 5.74) is 2.48. The molecule has 1 aromatic carbocycles. The van der Waals surface area contributed by atoms with Crippen molar-refractivity contribution < 1.29 is 4.79 Å². The minimum absolute atomic E-state index is 0.0609. The Morgan fingerprint density at radius 3 is 2.88 bits per heavy atom. The highest BCUT2D eigenvalue weighted by molar-refractivity contribution is 9.08. The van der Waals surface area contributed by atoms with Gasteiger partial charge in [-0.25, -0.2) is 0 Å². The lowest BCUT2D eigenvalue weighted by molar-refractivity contribution is -0.109. The molecule has 0 saturated carbocycles. The predicted octanol–water partition coefficient (Wildman–Crippen LogP) is 3.08. The van der Waals surface area contributed by atoms with E-state index in [0.717, 1.165) is 11.1 Å². The molecule has 0 saturated heterocycles. The van der Waals surface area contributed by atoms with E-state index in [4.69, 9.17) is 5.26 Å². The van der Waals surface area contributed by atoms with Gasteiger partial charge in [-0.05, 0) is 17.7 Å². The van der Waals surface area contributed by atoms with Gasteiger partial charge in [0, 0.05) is 17.8 Å². The van der Waals surface area contributed by atoms with Crippen molar-refractivity contribution in [3.63, 3.8) is 0 Å². The van der Waals surface area contributed by atoms with Crippen molar-refractivity contribution in [2.45, 2.75) is 12.3 Å². The van der Waals surface area contributed by atoms with Crippen molar-refractivity contribution in [2.24, 2.45) is 0 Å². The molecule has 0 radical (unpaired) electrons. The maximum absolute atomic E-state index is 10.7. The Kier molecular flexibility index (Phi) is 5.83. The number of benzene rings is 1. The first-order valence-electron chi connectivity index (χ1n) is 4.88. The summed E-state index contributed by atoms with van der Waals surface area (Å²) in [5.74, 6) is 6.39. The van der Waals surface area contributed by atoms with Crippen LogP contribution in [0.4, 0.5) is 0 Å². The zero-order chi connectivity index (χ0) is 12.7. The smallest absolute Gasteiger partial charge is 0.186 e. The maximum atomic E-state index is 10.7. The highest BCUT2D eigenvalue weighted by atomic mass is 79.9. The first-order chi connectivity index (χ1) is 8.17. The van der Waals surface area contributed by atoms with Gasteiger partial charge in [0.15, 0.2) is 5.12 Å². The van der Waals surface area contributed by atoms with E-state index in [9.17, 15) is 4.79 Å². The second kappa shape index (κ2) is 7.17. The Morgan fingerprint density at radius 2 is 2.29 bits per heavy atom. The third kappa shape index (κ3) is 4.65. The van der Waals surface area contributed by atoms with Crippen LogP contribution in [0.2, 0.25) is 0 Å². The quantitative estimate of drug-likeness (QED) is 0.623. The van der Waals surface area contributed by atoms with Crippen LogP contribution in [-0.2, 0) is 10.1 Å². The first kappa shape index (κ1) is 13.8. The molecule has 0 aliphatic rings. The van der Waals surface area contributed by atoms with Gasteiger partial charge in [-0.3, -0.25) is 4.79 Å². The van der Waals surface area contributed by atoms with E-state index in [0.29, 0.717) is 16.6 Å². The van der Waals surface area contributed by atoms with Crippen LogP contribution >= 0.6 is 27.7 Å². The van der Waals surface area contributed by atoms with Crippen LogP contribution in [0.3, 0.4) is 0 Å². The lowest BCUT2D eigenvalue weighted by Crippen LogP contribution is -1.88. The van der Waals surface area contributed by atoms with Crippen LogP contribution in [0, 0.1) is 23.2 Å². The molecule has 0 unspecified atom stereocenters.